The summed E-state index contributed by atoms with van der Waals surface area (Å²) in [6.07, 6.45) is 3.80. The summed E-state index contributed by atoms with van der Waals surface area (Å²) in [7, 11) is 0. The summed E-state index contributed by atoms with van der Waals surface area (Å²) in [5.74, 6) is -0.122. The zero-order valence-corrected chi connectivity index (χ0v) is 11.1. The molecule has 0 saturated heterocycles. The van der Waals surface area contributed by atoms with Crippen molar-refractivity contribution in [3.63, 3.8) is 0 Å². The van der Waals surface area contributed by atoms with Gasteiger partial charge in [0.1, 0.15) is 0 Å². The molecule has 0 aliphatic carbocycles. The van der Waals surface area contributed by atoms with Gasteiger partial charge in [0.25, 0.3) is 5.91 Å². The highest BCUT2D eigenvalue weighted by Gasteiger charge is 2.05. The molecule has 0 unspecified atom stereocenters. The summed E-state index contributed by atoms with van der Waals surface area (Å²) < 4.78 is 1.95. The fraction of sp³-hybridized carbons (Fsp3) is 0.385. The number of carbonyl (C=O) groups is 1. The van der Waals surface area contributed by atoms with E-state index >= 15 is 0 Å². The summed E-state index contributed by atoms with van der Waals surface area (Å²) in [4.78, 5) is 11.7. The van der Waals surface area contributed by atoms with Crippen molar-refractivity contribution >= 4 is 5.91 Å². The average molecular weight is 259 g/mol. The molecule has 0 spiro atoms. The molecule has 0 atom stereocenters. The summed E-state index contributed by atoms with van der Waals surface area (Å²) in [6.45, 7) is 5.41. The van der Waals surface area contributed by atoms with E-state index < -0.39 is 0 Å². The highest BCUT2D eigenvalue weighted by Crippen LogP contribution is 2.02. The molecule has 2 rings (SSSR count). The average Bonchev–Trinajstić information content (AvgIpc) is 2.74. The first-order valence-corrected chi connectivity index (χ1v) is 6.23. The van der Waals surface area contributed by atoms with E-state index in [9.17, 15) is 4.79 Å². The van der Waals surface area contributed by atoms with Crippen LogP contribution in [0.25, 0.3) is 0 Å². The van der Waals surface area contributed by atoms with Crippen molar-refractivity contribution in [3.05, 3.63) is 41.5 Å². The minimum atomic E-state index is -0.122. The van der Waals surface area contributed by atoms with Gasteiger partial charge in [-0.05, 0) is 32.4 Å². The molecule has 0 fully saturated rings. The van der Waals surface area contributed by atoms with E-state index in [1.54, 1.807) is 6.07 Å². The van der Waals surface area contributed by atoms with Crippen LogP contribution in [0.2, 0.25) is 0 Å². The number of nitrogens with one attached hydrogen (secondary N) is 1. The second-order valence-corrected chi connectivity index (χ2v) is 4.39. The fourth-order valence-electron chi connectivity index (χ4n) is 1.86. The van der Waals surface area contributed by atoms with Crippen LogP contribution in [0.3, 0.4) is 0 Å². The molecular formula is C13H17N5O. The first-order chi connectivity index (χ1) is 9.16. The lowest BCUT2D eigenvalue weighted by Crippen LogP contribution is -2.25. The molecule has 0 aliphatic rings. The second kappa shape index (κ2) is 6.08. The van der Waals surface area contributed by atoms with Crippen molar-refractivity contribution in [1.29, 1.82) is 0 Å². The minimum Gasteiger partial charge on any atom is -0.352 e. The fourth-order valence-corrected chi connectivity index (χ4v) is 1.86. The number of nitrogens with zero attached hydrogens (tertiary/aromatic N) is 4. The Kier molecular flexibility index (Phi) is 4.22. The molecule has 2 aromatic heterocycles. The number of carbonyl (C=O) groups excluding carboxylic acids is 1. The maximum atomic E-state index is 11.7. The molecule has 0 aromatic carbocycles. The molecule has 2 aromatic rings. The van der Waals surface area contributed by atoms with Crippen LogP contribution in [0.5, 0.6) is 0 Å². The van der Waals surface area contributed by atoms with Crippen LogP contribution in [0.4, 0.5) is 0 Å². The first-order valence-electron chi connectivity index (χ1n) is 6.23. The predicted octanol–water partition coefficient (Wildman–Crippen LogP) is 1.11. The Morgan fingerprint density at radius 3 is 2.84 bits per heavy atom. The third-order valence-corrected chi connectivity index (χ3v) is 2.78. The van der Waals surface area contributed by atoms with E-state index in [0.29, 0.717) is 12.1 Å². The van der Waals surface area contributed by atoms with E-state index in [1.165, 1.54) is 12.4 Å². The molecule has 19 heavy (non-hydrogen) atoms. The maximum Gasteiger partial charge on any atom is 0.252 e. The van der Waals surface area contributed by atoms with Crippen LogP contribution in [0.1, 0.15) is 28.2 Å². The molecule has 1 amide bonds. The van der Waals surface area contributed by atoms with Gasteiger partial charge in [-0.25, -0.2) is 0 Å². The quantitative estimate of drug-likeness (QED) is 0.816. The Labute approximate surface area is 111 Å². The Morgan fingerprint density at radius 2 is 2.21 bits per heavy atom. The molecule has 0 bridgehead atoms. The van der Waals surface area contributed by atoms with Crippen molar-refractivity contribution < 1.29 is 4.79 Å². The lowest BCUT2D eigenvalue weighted by atomic mass is 10.3. The lowest BCUT2D eigenvalue weighted by Gasteiger charge is -2.06. The Morgan fingerprint density at radius 1 is 1.37 bits per heavy atom. The van der Waals surface area contributed by atoms with E-state index in [1.807, 2.05) is 24.6 Å². The van der Waals surface area contributed by atoms with Gasteiger partial charge in [-0.2, -0.15) is 15.3 Å². The maximum absolute atomic E-state index is 11.7. The van der Waals surface area contributed by atoms with Crippen LogP contribution in [0.15, 0.2) is 24.5 Å². The van der Waals surface area contributed by atoms with Crippen molar-refractivity contribution in [1.82, 2.24) is 25.3 Å². The van der Waals surface area contributed by atoms with E-state index in [0.717, 1.165) is 24.4 Å². The van der Waals surface area contributed by atoms with Crippen LogP contribution >= 0.6 is 0 Å². The van der Waals surface area contributed by atoms with Crippen molar-refractivity contribution in [2.75, 3.05) is 6.54 Å². The minimum absolute atomic E-state index is 0.122. The van der Waals surface area contributed by atoms with Gasteiger partial charge in [-0.15, -0.1) is 0 Å². The smallest absolute Gasteiger partial charge is 0.252 e. The molecule has 6 heteroatoms. The molecule has 100 valence electrons. The normalized spacial score (nSPS) is 10.4. The van der Waals surface area contributed by atoms with Gasteiger partial charge >= 0.3 is 0 Å². The monoisotopic (exact) mass is 259 g/mol. The van der Waals surface area contributed by atoms with Gasteiger partial charge in [0.15, 0.2) is 0 Å². The zero-order valence-electron chi connectivity index (χ0n) is 11.1. The van der Waals surface area contributed by atoms with Crippen LogP contribution in [-0.4, -0.2) is 32.4 Å². The highest BCUT2D eigenvalue weighted by molar-refractivity contribution is 5.93. The topological polar surface area (TPSA) is 72.7 Å². The van der Waals surface area contributed by atoms with Crippen LogP contribution < -0.4 is 5.32 Å². The number of aryl methyl sites for hydroxylation is 3. The number of amides is 1. The third-order valence-electron chi connectivity index (χ3n) is 2.78. The number of hydrogen-bond acceptors (Lipinski definition) is 4. The highest BCUT2D eigenvalue weighted by atomic mass is 16.1. The van der Waals surface area contributed by atoms with Crippen LogP contribution in [-0.2, 0) is 6.54 Å². The van der Waals surface area contributed by atoms with E-state index in [-0.39, 0.29) is 5.91 Å². The number of aromatic nitrogens is 4. The third kappa shape index (κ3) is 3.61. The summed E-state index contributed by atoms with van der Waals surface area (Å²) in [5, 5.41) is 14.5. The summed E-state index contributed by atoms with van der Waals surface area (Å²) in [5.41, 5.74) is 2.69. The van der Waals surface area contributed by atoms with E-state index in [2.05, 4.69) is 20.6 Å². The van der Waals surface area contributed by atoms with Gasteiger partial charge < -0.3 is 5.32 Å². The first kappa shape index (κ1) is 13.2. The molecule has 1 N–H and O–H groups in total. The van der Waals surface area contributed by atoms with Crippen LogP contribution in [0, 0.1) is 13.8 Å². The predicted molar refractivity (Wildman–Crippen MR) is 70.7 cm³/mol. The van der Waals surface area contributed by atoms with Gasteiger partial charge in [0.2, 0.25) is 0 Å². The largest absolute Gasteiger partial charge is 0.352 e. The Hall–Kier alpha value is -2.24. The van der Waals surface area contributed by atoms with Crippen molar-refractivity contribution in [2.45, 2.75) is 26.8 Å². The van der Waals surface area contributed by atoms with Gasteiger partial charge in [-0.3, -0.25) is 9.48 Å². The standard InChI is InChI=1S/C13H17N5O/c1-10-8-11(2)18(17-10)7-3-5-14-13(19)12-4-6-15-16-9-12/h4,6,8-9H,3,5,7H2,1-2H3,(H,14,19). The SMILES string of the molecule is Cc1cc(C)n(CCCNC(=O)c2ccnnc2)n1. The Bertz CT molecular complexity index is 549. The zero-order chi connectivity index (χ0) is 13.7. The van der Waals surface area contributed by atoms with E-state index in [4.69, 9.17) is 0 Å². The molecule has 0 radical (unpaired) electrons. The lowest BCUT2D eigenvalue weighted by molar-refractivity contribution is 0.0952. The molecule has 2 heterocycles. The van der Waals surface area contributed by atoms with Gasteiger partial charge in [0, 0.05) is 18.8 Å². The molecule has 0 saturated carbocycles. The summed E-state index contributed by atoms with van der Waals surface area (Å²) in [6, 6.07) is 3.69. The number of hydrogen-bond donors (Lipinski definition) is 1. The second-order valence-electron chi connectivity index (χ2n) is 4.39. The van der Waals surface area contributed by atoms with Gasteiger partial charge in [-0.1, -0.05) is 0 Å². The van der Waals surface area contributed by atoms with Crippen molar-refractivity contribution in [2.24, 2.45) is 0 Å². The molecule has 6 nitrogen and oxygen atoms in total. The summed E-state index contributed by atoms with van der Waals surface area (Å²) >= 11 is 0. The van der Waals surface area contributed by atoms with Crippen molar-refractivity contribution in [3.8, 4) is 0 Å². The molecular weight excluding hydrogens is 242 g/mol. The van der Waals surface area contributed by atoms with Gasteiger partial charge in [0.05, 0.1) is 23.7 Å². The molecule has 0 aliphatic heterocycles. The number of rotatable bonds is 5. The Balaban J connectivity index is 1.75.